The molecular formula is C11H21N. The Kier molecular flexibility index (Phi) is 1.95. The van der Waals surface area contributed by atoms with Crippen molar-refractivity contribution >= 4 is 0 Å². The lowest BCUT2D eigenvalue weighted by molar-refractivity contribution is 0.138. The maximum absolute atomic E-state index is 2.71. The van der Waals surface area contributed by atoms with Crippen LogP contribution in [0.2, 0.25) is 0 Å². The number of rotatable bonds is 2. The van der Waals surface area contributed by atoms with Gasteiger partial charge in [0, 0.05) is 18.6 Å². The minimum atomic E-state index is 0.755. The first kappa shape index (κ1) is 8.55. The van der Waals surface area contributed by atoms with Gasteiger partial charge in [-0.15, -0.1) is 0 Å². The van der Waals surface area contributed by atoms with Gasteiger partial charge in [0.05, 0.1) is 0 Å². The first-order valence-corrected chi connectivity index (χ1v) is 5.37. The van der Waals surface area contributed by atoms with Crippen LogP contribution in [0.1, 0.15) is 34.1 Å². The van der Waals surface area contributed by atoms with Crippen molar-refractivity contribution in [2.24, 2.45) is 17.8 Å². The Balaban J connectivity index is 2.06. The first-order valence-electron chi connectivity index (χ1n) is 5.37. The van der Waals surface area contributed by atoms with Crippen LogP contribution in [0.3, 0.4) is 0 Å². The van der Waals surface area contributed by atoms with Crippen LogP contribution in [0.4, 0.5) is 0 Å². The second-order valence-electron chi connectivity index (χ2n) is 5.18. The molecule has 0 aromatic heterocycles. The molecule has 2 fully saturated rings. The van der Waals surface area contributed by atoms with E-state index in [-0.39, 0.29) is 0 Å². The molecule has 1 saturated carbocycles. The number of likely N-dealkylation sites (tertiary alicyclic amines) is 1. The fourth-order valence-electron chi connectivity index (χ4n) is 2.97. The van der Waals surface area contributed by atoms with Gasteiger partial charge in [0.25, 0.3) is 0 Å². The van der Waals surface area contributed by atoms with Gasteiger partial charge < -0.3 is 0 Å². The number of hydrogen-bond acceptors (Lipinski definition) is 1. The zero-order valence-corrected chi connectivity index (χ0v) is 8.75. The third-order valence-electron chi connectivity index (χ3n) is 3.59. The molecule has 0 unspecified atom stereocenters. The molecule has 1 saturated heterocycles. The highest BCUT2D eigenvalue weighted by atomic mass is 15.2. The van der Waals surface area contributed by atoms with Crippen molar-refractivity contribution in [3.63, 3.8) is 0 Å². The van der Waals surface area contributed by atoms with Crippen LogP contribution in [-0.4, -0.2) is 23.5 Å². The predicted octanol–water partition coefficient (Wildman–Crippen LogP) is 2.37. The summed E-state index contributed by atoms with van der Waals surface area (Å²) in [6.07, 6.45) is 1.52. The second kappa shape index (κ2) is 2.73. The summed E-state index contributed by atoms with van der Waals surface area (Å²) in [5, 5.41) is 0. The van der Waals surface area contributed by atoms with Crippen molar-refractivity contribution < 1.29 is 0 Å². The molecule has 1 heterocycles. The van der Waals surface area contributed by atoms with E-state index in [1.807, 2.05) is 0 Å². The molecule has 70 valence electrons. The van der Waals surface area contributed by atoms with Crippen LogP contribution in [0, 0.1) is 17.8 Å². The summed E-state index contributed by atoms with van der Waals surface area (Å²) in [4.78, 5) is 2.71. The number of hydrogen-bond donors (Lipinski definition) is 0. The number of fused-ring (bicyclic) bond motifs is 1. The summed E-state index contributed by atoms with van der Waals surface area (Å²) in [7, 11) is 0. The van der Waals surface area contributed by atoms with Gasteiger partial charge in [-0.25, -0.2) is 0 Å². The zero-order chi connectivity index (χ0) is 8.88. The van der Waals surface area contributed by atoms with Crippen molar-refractivity contribution in [3.8, 4) is 0 Å². The van der Waals surface area contributed by atoms with E-state index in [4.69, 9.17) is 0 Å². The second-order valence-corrected chi connectivity index (χ2v) is 5.18. The van der Waals surface area contributed by atoms with Crippen molar-refractivity contribution in [2.75, 3.05) is 6.54 Å². The predicted molar refractivity (Wildman–Crippen MR) is 52.1 cm³/mol. The topological polar surface area (TPSA) is 3.24 Å². The molecule has 0 N–H and O–H groups in total. The summed E-state index contributed by atoms with van der Waals surface area (Å²) >= 11 is 0. The Morgan fingerprint density at radius 2 is 1.83 bits per heavy atom. The van der Waals surface area contributed by atoms with Crippen LogP contribution < -0.4 is 0 Å². The summed E-state index contributed by atoms with van der Waals surface area (Å²) < 4.78 is 0. The molecule has 2 rings (SSSR count). The highest BCUT2D eigenvalue weighted by Gasteiger charge is 2.53. The van der Waals surface area contributed by atoms with E-state index in [9.17, 15) is 0 Å². The van der Waals surface area contributed by atoms with Crippen LogP contribution in [0.5, 0.6) is 0 Å². The van der Waals surface area contributed by atoms with Gasteiger partial charge in [-0.05, 0) is 38.0 Å². The summed E-state index contributed by atoms with van der Waals surface area (Å²) in [6.45, 7) is 10.8. The summed E-state index contributed by atoms with van der Waals surface area (Å²) in [6, 6.07) is 1.65. The highest BCUT2D eigenvalue weighted by molar-refractivity contribution is 5.05. The Morgan fingerprint density at radius 1 is 1.17 bits per heavy atom. The van der Waals surface area contributed by atoms with Crippen LogP contribution in [0.15, 0.2) is 0 Å². The maximum atomic E-state index is 2.71. The maximum Gasteiger partial charge on any atom is 0.0152 e. The largest absolute Gasteiger partial charge is 0.297 e. The molecule has 0 aromatic carbocycles. The fourth-order valence-corrected chi connectivity index (χ4v) is 2.97. The molecule has 0 aromatic rings. The van der Waals surface area contributed by atoms with E-state index in [1.165, 1.54) is 13.0 Å². The van der Waals surface area contributed by atoms with Gasteiger partial charge in [-0.2, -0.15) is 0 Å². The SMILES string of the molecule is CC(C)[C@@H]1[C@@H]2C[C@@H]2CN1C(C)C. The third-order valence-corrected chi connectivity index (χ3v) is 3.59. The standard InChI is InChI=1S/C11H21N/c1-7(2)11-10-5-9(10)6-12(11)8(3)4/h7-11H,5-6H2,1-4H3/t9-,10-,11-/m1/s1. The molecule has 1 aliphatic heterocycles. The Bertz CT molecular complexity index is 174. The first-order chi connectivity index (χ1) is 5.61. The third kappa shape index (κ3) is 1.19. The molecule has 12 heavy (non-hydrogen) atoms. The van der Waals surface area contributed by atoms with Gasteiger partial charge in [0.1, 0.15) is 0 Å². The molecule has 2 aliphatic rings. The van der Waals surface area contributed by atoms with Crippen molar-refractivity contribution in [2.45, 2.75) is 46.2 Å². The van der Waals surface area contributed by atoms with Crippen molar-refractivity contribution in [1.29, 1.82) is 0 Å². The van der Waals surface area contributed by atoms with Crippen LogP contribution >= 0.6 is 0 Å². The average molecular weight is 167 g/mol. The quantitative estimate of drug-likeness (QED) is 0.610. The minimum absolute atomic E-state index is 0.755. The number of piperidine rings is 1. The Morgan fingerprint density at radius 3 is 2.25 bits per heavy atom. The fraction of sp³-hybridized carbons (Fsp3) is 1.00. The lowest BCUT2D eigenvalue weighted by atomic mass is 9.99. The van der Waals surface area contributed by atoms with Crippen LogP contribution in [0.25, 0.3) is 0 Å². The van der Waals surface area contributed by atoms with E-state index in [1.54, 1.807) is 0 Å². The van der Waals surface area contributed by atoms with Gasteiger partial charge in [-0.3, -0.25) is 4.90 Å². The molecule has 0 spiro atoms. The molecule has 1 aliphatic carbocycles. The van der Waals surface area contributed by atoms with Crippen molar-refractivity contribution in [1.82, 2.24) is 4.90 Å². The Hall–Kier alpha value is -0.0400. The molecule has 1 nitrogen and oxygen atoms in total. The van der Waals surface area contributed by atoms with Gasteiger partial charge in [0.15, 0.2) is 0 Å². The lowest BCUT2D eigenvalue weighted by Crippen LogP contribution is -2.41. The minimum Gasteiger partial charge on any atom is -0.297 e. The van der Waals surface area contributed by atoms with Gasteiger partial charge in [0.2, 0.25) is 0 Å². The van der Waals surface area contributed by atoms with E-state index in [0.29, 0.717) is 0 Å². The number of nitrogens with zero attached hydrogens (tertiary/aromatic N) is 1. The highest BCUT2D eigenvalue weighted by Crippen LogP contribution is 2.52. The molecule has 0 bridgehead atoms. The van der Waals surface area contributed by atoms with Gasteiger partial charge >= 0.3 is 0 Å². The van der Waals surface area contributed by atoms with Crippen LogP contribution in [-0.2, 0) is 0 Å². The Labute approximate surface area is 76.1 Å². The smallest absolute Gasteiger partial charge is 0.0152 e. The normalized spacial score (nSPS) is 41.0. The lowest BCUT2D eigenvalue weighted by Gasteiger charge is -2.33. The zero-order valence-electron chi connectivity index (χ0n) is 8.75. The molecule has 0 radical (unpaired) electrons. The molecule has 3 atom stereocenters. The van der Waals surface area contributed by atoms with E-state index >= 15 is 0 Å². The van der Waals surface area contributed by atoms with Gasteiger partial charge in [-0.1, -0.05) is 13.8 Å². The van der Waals surface area contributed by atoms with Crippen molar-refractivity contribution in [3.05, 3.63) is 0 Å². The molecule has 1 heteroatoms. The molecule has 0 amide bonds. The summed E-state index contributed by atoms with van der Waals surface area (Å²) in [5.41, 5.74) is 0. The van der Waals surface area contributed by atoms with E-state index in [0.717, 1.165) is 29.8 Å². The van der Waals surface area contributed by atoms with E-state index < -0.39 is 0 Å². The molecular weight excluding hydrogens is 146 g/mol. The summed E-state index contributed by atoms with van der Waals surface area (Å²) in [5.74, 6) is 2.98. The monoisotopic (exact) mass is 167 g/mol. The van der Waals surface area contributed by atoms with E-state index in [2.05, 4.69) is 32.6 Å². The average Bonchev–Trinajstić information content (AvgIpc) is 2.60.